The lowest BCUT2D eigenvalue weighted by Crippen LogP contribution is -2.52. The van der Waals surface area contributed by atoms with Crippen molar-refractivity contribution in [1.29, 1.82) is 0 Å². The first-order chi connectivity index (χ1) is 19.4. The lowest BCUT2D eigenvalue weighted by molar-refractivity contribution is -0.192. The molecule has 1 saturated heterocycles. The number of carbonyl (C=O) groups excluding carboxylic acids is 1. The Balaban J connectivity index is 0.000000745. The van der Waals surface area contributed by atoms with E-state index in [1.54, 1.807) is 18.2 Å². The normalized spacial score (nSPS) is 14.1. The smallest absolute Gasteiger partial charge is 0.478 e. The molecule has 1 aliphatic rings. The molecule has 1 fully saturated rings. The molecule has 0 saturated carbocycles. The van der Waals surface area contributed by atoms with Gasteiger partial charge in [-0.2, -0.15) is 13.2 Å². The van der Waals surface area contributed by atoms with Gasteiger partial charge in [-0.25, -0.2) is 14.6 Å². The van der Waals surface area contributed by atoms with Gasteiger partial charge in [-0.1, -0.05) is 49.2 Å². The number of amides is 1. The summed E-state index contributed by atoms with van der Waals surface area (Å²) in [6.07, 6.45) is -3.03. The van der Waals surface area contributed by atoms with E-state index in [4.69, 9.17) is 14.9 Å². The number of nitrogens with one attached hydrogen (secondary N) is 2. The van der Waals surface area contributed by atoms with Gasteiger partial charge in [0.1, 0.15) is 0 Å². The molecule has 0 aromatic heterocycles. The highest BCUT2D eigenvalue weighted by Gasteiger charge is 2.38. The van der Waals surface area contributed by atoms with Crippen LogP contribution >= 0.6 is 0 Å². The second-order valence-electron chi connectivity index (χ2n) is 9.41. The Morgan fingerprint density at radius 2 is 1.63 bits per heavy atom. The van der Waals surface area contributed by atoms with Crippen molar-refractivity contribution < 1.29 is 37.8 Å². The van der Waals surface area contributed by atoms with E-state index >= 15 is 0 Å². The second-order valence-corrected chi connectivity index (χ2v) is 9.41. The van der Waals surface area contributed by atoms with Gasteiger partial charge in [0.2, 0.25) is 5.91 Å². The summed E-state index contributed by atoms with van der Waals surface area (Å²) >= 11 is 0. The zero-order valence-corrected chi connectivity index (χ0v) is 23.1. The molecular weight excluding hydrogens is 543 g/mol. The number of aliphatic carboxylic acids is 1. The molecule has 1 aliphatic heterocycles. The number of carboxylic acid groups (broad SMARTS) is 2. The first-order valence-corrected chi connectivity index (χ1v) is 13.1. The van der Waals surface area contributed by atoms with Crippen LogP contribution in [-0.2, 0) is 16.1 Å². The van der Waals surface area contributed by atoms with Crippen molar-refractivity contribution in [3.05, 3.63) is 65.2 Å². The molecule has 1 amide bonds. The fourth-order valence-electron chi connectivity index (χ4n) is 3.72. The minimum Gasteiger partial charge on any atom is -0.478 e. The van der Waals surface area contributed by atoms with Crippen molar-refractivity contribution in [3.63, 3.8) is 0 Å². The molecule has 2 aromatic carbocycles. The van der Waals surface area contributed by atoms with Crippen LogP contribution in [0.4, 0.5) is 18.9 Å². The molecule has 224 valence electrons. The van der Waals surface area contributed by atoms with E-state index in [-0.39, 0.29) is 11.5 Å². The number of nitrogens with zero attached hydrogens (tertiary/aromatic N) is 3. The van der Waals surface area contributed by atoms with Gasteiger partial charge in [-0.3, -0.25) is 9.69 Å². The van der Waals surface area contributed by atoms with Crippen LogP contribution in [0.5, 0.6) is 0 Å². The molecule has 0 unspecified atom stereocenters. The molecule has 0 aliphatic carbocycles. The van der Waals surface area contributed by atoms with Crippen molar-refractivity contribution in [3.8, 4) is 0 Å². The molecule has 13 heteroatoms. The third kappa shape index (κ3) is 12.3. The van der Waals surface area contributed by atoms with Crippen LogP contribution in [0, 0.1) is 6.92 Å². The Kier molecular flexibility index (Phi) is 13.1. The molecule has 0 atom stereocenters. The molecule has 3 rings (SSSR count). The van der Waals surface area contributed by atoms with Gasteiger partial charge >= 0.3 is 18.1 Å². The van der Waals surface area contributed by atoms with Crippen LogP contribution in [-0.4, -0.2) is 89.3 Å². The molecule has 1 heterocycles. The largest absolute Gasteiger partial charge is 0.490 e. The third-order valence-corrected chi connectivity index (χ3v) is 6.03. The fraction of sp³-hybridized carbons (Fsp3) is 0.429. The predicted octanol–water partition coefficient (Wildman–Crippen LogP) is 3.83. The number of aliphatic imine (C=N–C) groups is 1. The minimum atomic E-state index is -5.08. The number of aryl methyl sites for hydroxylation is 1. The van der Waals surface area contributed by atoms with Crippen LogP contribution in [0.15, 0.2) is 53.5 Å². The van der Waals surface area contributed by atoms with Crippen molar-refractivity contribution >= 4 is 29.5 Å². The Bertz CT molecular complexity index is 1180. The highest BCUT2D eigenvalue weighted by molar-refractivity contribution is 5.96. The van der Waals surface area contributed by atoms with E-state index in [2.05, 4.69) is 58.5 Å². The molecule has 0 spiro atoms. The lowest BCUT2D eigenvalue weighted by Gasteiger charge is -2.36. The van der Waals surface area contributed by atoms with Crippen LogP contribution < -0.4 is 10.6 Å². The third-order valence-electron chi connectivity index (χ3n) is 6.03. The summed E-state index contributed by atoms with van der Waals surface area (Å²) in [5.74, 6) is -2.95. The first-order valence-electron chi connectivity index (χ1n) is 13.1. The highest BCUT2D eigenvalue weighted by Crippen LogP contribution is 2.15. The molecule has 2 aromatic rings. The number of alkyl halides is 3. The number of carboxylic acids is 2. The number of piperazine rings is 1. The van der Waals surface area contributed by atoms with Crippen LogP contribution in [0.2, 0.25) is 0 Å². The van der Waals surface area contributed by atoms with Gasteiger partial charge in [-0.05, 0) is 37.1 Å². The molecule has 41 heavy (non-hydrogen) atoms. The van der Waals surface area contributed by atoms with Crippen LogP contribution in [0.3, 0.4) is 0 Å². The quantitative estimate of drug-likeness (QED) is 0.200. The van der Waals surface area contributed by atoms with E-state index in [1.807, 2.05) is 6.07 Å². The zero-order valence-electron chi connectivity index (χ0n) is 23.1. The van der Waals surface area contributed by atoms with E-state index in [1.165, 1.54) is 5.56 Å². The van der Waals surface area contributed by atoms with Gasteiger partial charge in [0.25, 0.3) is 0 Å². The van der Waals surface area contributed by atoms with E-state index in [9.17, 15) is 27.9 Å². The van der Waals surface area contributed by atoms with E-state index in [0.717, 1.165) is 51.1 Å². The van der Waals surface area contributed by atoms with Crippen molar-refractivity contribution in [2.24, 2.45) is 4.99 Å². The maximum atomic E-state index is 12.2. The van der Waals surface area contributed by atoms with Gasteiger partial charge in [-0.15, -0.1) is 0 Å². The van der Waals surface area contributed by atoms with Gasteiger partial charge in [0.15, 0.2) is 5.96 Å². The molecule has 4 N–H and O–H groups in total. The fourth-order valence-corrected chi connectivity index (χ4v) is 3.72. The highest BCUT2D eigenvalue weighted by atomic mass is 19.4. The Morgan fingerprint density at radius 3 is 2.20 bits per heavy atom. The van der Waals surface area contributed by atoms with Crippen molar-refractivity contribution in [2.75, 3.05) is 44.6 Å². The summed E-state index contributed by atoms with van der Waals surface area (Å²) in [5.41, 5.74) is 3.21. The second kappa shape index (κ2) is 16.2. The predicted molar refractivity (Wildman–Crippen MR) is 149 cm³/mol. The number of carbonyl (C=O) groups is 3. The maximum Gasteiger partial charge on any atom is 0.490 e. The number of aromatic carboxylic acids is 1. The van der Waals surface area contributed by atoms with Gasteiger partial charge < -0.3 is 25.7 Å². The number of halogens is 3. The van der Waals surface area contributed by atoms with Crippen molar-refractivity contribution in [1.82, 2.24) is 15.1 Å². The van der Waals surface area contributed by atoms with Crippen LogP contribution in [0.1, 0.15) is 41.3 Å². The average Bonchev–Trinajstić information content (AvgIpc) is 2.92. The minimum absolute atomic E-state index is 0.0683. The number of hydrogen-bond donors (Lipinski definition) is 4. The molecule has 0 radical (unpaired) electrons. The summed E-state index contributed by atoms with van der Waals surface area (Å²) in [6, 6.07) is 15.0. The standard InChI is InChI=1S/C26H35N5O3.C2HF3O2/c1-3-4-12-27-24(32)19-30-13-15-31(16-14-30)26(28-18-21-10-8-20(2)9-11-21)29-23-7-5-6-22(17-23)25(33)34;3-2(4,5)1(6)7/h5-11,17H,3-4,12-16,18-19H2,1-2H3,(H,27,32)(H,28,29)(H,33,34);(H,6,7). The number of guanidine groups is 1. The summed E-state index contributed by atoms with van der Waals surface area (Å²) in [5, 5.41) is 22.8. The van der Waals surface area contributed by atoms with E-state index in [0.29, 0.717) is 24.7 Å². The van der Waals surface area contributed by atoms with Crippen LogP contribution in [0.25, 0.3) is 0 Å². The number of benzene rings is 2. The van der Waals surface area contributed by atoms with Gasteiger partial charge in [0.05, 0.1) is 18.7 Å². The summed E-state index contributed by atoms with van der Waals surface area (Å²) in [4.78, 5) is 41.6. The summed E-state index contributed by atoms with van der Waals surface area (Å²) < 4.78 is 31.7. The van der Waals surface area contributed by atoms with Gasteiger partial charge in [0, 0.05) is 38.4 Å². The lowest BCUT2D eigenvalue weighted by atomic mass is 10.1. The SMILES string of the molecule is CCCCNC(=O)CN1CCN(C(=NCc2ccc(C)cc2)Nc2cccc(C(=O)O)c2)CC1.O=C(O)C(F)(F)F. The Labute approximate surface area is 236 Å². The first kappa shape index (κ1) is 33.1. The maximum absolute atomic E-state index is 12.2. The van der Waals surface area contributed by atoms with E-state index < -0.39 is 18.1 Å². The number of rotatable bonds is 9. The van der Waals surface area contributed by atoms with Crippen molar-refractivity contribution in [2.45, 2.75) is 39.4 Å². The Hall–Kier alpha value is -4.13. The molecular formula is C28H36F3N5O5. The molecule has 10 nitrogen and oxygen atoms in total. The zero-order chi connectivity index (χ0) is 30.4. The summed E-state index contributed by atoms with van der Waals surface area (Å²) in [7, 11) is 0. The monoisotopic (exact) mass is 579 g/mol. The average molecular weight is 580 g/mol. The number of anilines is 1. The molecule has 0 bridgehead atoms. The topological polar surface area (TPSA) is 135 Å². The Morgan fingerprint density at radius 1 is 1.00 bits per heavy atom. The number of unbranched alkanes of at least 4 members (excludes halogenated alkanes) is 1. The number of hydrogen-bond acceptors (Lipinski definition) is 5. The summed E-state index contributed by atoms with van der Waals surface area (Å²) in [6.45, 7) is 8.76.